The van der Waals surface area contributed by atoms with Gasteiger partial charge in [0.15, 0.2) is 11.5 Å². The van der Waals surface area contributed by atoms with E-state index in [1.54, 1.807) is 24.0 Å². The number of fused-ring (bicyclic) bond motifs is 2. The molecule has 0 saturated carbocycles. The summed E-state index contributed by atoms with van der Waals surface area (Å²) in [5.41, 5.74) is 1.32. The van der Waals surface area contributed by atoms with E-state index in [9.17, 15) is 14.9 Å². The zero-order valence-corrected chi connectivity index (χ0v) is 17.0. The molecule has 2 aliphatic rings. The standard InChI is InChI=1S/C21H19N3O5S/c1-2-27-21(26)24-10-9-13-14(11-22)20(30-17(13)12-24)23-18(25)7-8-19-28-15-5-3-4-6-16(15)29-19/h3-8,19H,2,9-10,12H2,1H3,(H,23,25). The predicted molar refractivity (Wildman–Crippen MR) is 109 cm³/mol. The van der Waals surface area contributed by atoms with E-state index in [4.69, 9.17) is 14.2 Å². The van der Waals surface area contributed by atoms with E-state index in [1.807, 2.05) is 12.1 Å². The van der Waals surface area contributed by atoms with Crippen molar-refractivity contribution in [3.63, 3.8) is 0 Å². The van der Waals surface area contributed by atoms with Crippen molar-refractivity contribution in [2.24, 2.45) is 0 Å². The second kappa shape index (κ2) is 8.47. The van der Waals surface area contributed by atoms with Gasteiger partial charge in [0, 0.05) is 23.6 Å². The number of carbonyl (C=O) groups excluding carboxylic acids is 2. The SMILES string of the molecule is CCOC(=O)N1CCc2c(sc(NC(=O)C=CC3Oc4ccccc4O3)c2C#N)C1. The Morgan fingerprint density at radius 3 is 2.77 bits per heavy atom. The van der Waals surface area contributed by atoms with Crippen LogP contribution in [-0.2, 0) is 22.5 Å². The molecule has 1 aromatic heterocycles. The summed E-state index contributed by atoms with van der Waals surface area (Å²) in [7, 11) is 0. The Bertz CT molecular complexity index is 1030. The highest BCUT2D eigenvalue weighted by Gasteiger charge is 2.28. The molecule has 0 fully saturated rings. The average Bonchev–Trinajstić information content (AvgIpc) is 3.31. The molecule has 9 heteroatoms. The molecule has 0 bridgehead atoms. The number of carbonyl (C=O) groups is 2. The van der Waals surface area contributed by atoms with Gasteiger partial charge >= 0.3 is 6.09 Å². The summed E-state index contributed by atoms with van der Waals surface area (Å²) in [4.78, 5) is 26.8. The van der Waals surface area contributed by atoms with Crippen molar-refractivity contribution in [2.75, 3.05) is 18.5 Å². The van der Waals surface area contributed by atoms with Gasteiger partial charge in [-0.2, -0.15) is 5.26 Å². The van der Waals surface area contributed by atoms with Gasteiger partial charge < -0.3 is 24.4 Å². The molecule has 2 aromatic rings. The number of para-hydroxylation sites is 2. The number of nitrogens with one attached hydrogen (secondary N) is 1. The van der Waals surface area contributed by atoms with Crippen LogP contribution >= 0.6 is 11.3 Å². The largest absolute Gasteiger partial charge is 0.450 e. The van der Waals surface area contributed by atoms with Gasteiger partial charge in [0.25, 0.3) is 6.29 Å². The smallest absolute Gasteiger partial charge is 0.410 e. The van der Waals surface area contributed by atoms with E-state index < -0.39 is 12.2 Å². The van der Waals surface area contributed by atoms with Gasteiger partial charge in [-0.1, -0.05) is 12.1 Å². The number of ether oxygens (including phenoxy) is 3. The maximum Gasteiger partial charge on any atom is 0.410 e. The van der Waals surface area contributed by atoms with Gasteiger partial charge in [-0.25, -0.2) is 4.79 Å². The number of anilines is 1. The lowest BCUT2D eigenvalue weighted by Gasteiger charge is -2.25. The number of hydrogen-bond acceptors (Lipinski definition) is 7. The number of hydrogen-bond donors (Lipinski definition) is 1. The van der Waals surface area contributed by atoms with Crippen molar-refractivity contribution in [2.45, 2.75) is 26.2 Å². The first kappa shape index (κ1) is 19.8. The molecule has 0 unspecified atom stereocenters. The minimum absolute atomic E-state index is 0.309. The molecule has 0 atom stereocenters. The minimum atomic E-state index is -0.682. The lowest BCUT2D eigenvalue weighted by Crippen LogP contribution is -2.35. The van der Waals surface area contributed by atoms with Crippen LogP contribution in [0.25, 0.3) is 0 Å². The van der Waals surface area contributed by atoms with Crippen molar-refractivity contribution in [3.05, 3.63) is 52.4 Å². The second-order valence-corrected chi connectivity index (χ2v) is 7.69. The fourth-order valence-electron chi connectivity index (χ4n) is 3.30. The topological polar surface area (TPSA) is 101 Å². The van der Waals surface area contributed by atoms with Gasteiger partial charge in [-0.15, -0.1) is 11.3 Å². The predicted octanol–water partition coefficient (Wildman–Crippen LogP) is 3.43. The van der Waals surface area contributed by atoms with E-state index in [-0.39, 0.29) is 6.09 Å². The van der Waals surface area contributed by atoms with Crippen LogP contribution in [-0.4, -0.2) is 36.3 Å². The molecule has 4 rings (SSSR count). The van der Waals surface area contributed by atoms with E-state index in [0.717, 1.165) is 10.4 Å². The Kier molecular flexibility index (Phi) is 5.59. The van der Waals surface area contributed by atoms with Gasteiger partial charge in [-0.05, 0) is 31.0 Å². The number of benzene rings is 1. The van der Waals surface area contributed by atoms with Crippen LogP contribution in [0.15, 0.2) is 36.4 Å². The van der Waals surface area contributed by atoms with E-state index in [1.165, 1.54) is 23.5 Å². The van der Waals surface area contributed by atoms with E-state index in [0.29, 0.717) is 48.2 Å². The molecule has 2 amide bonds. The number of nitriles is 1. The summed E-state index contributed by atoms with van der Waals surface area (Å²) in [6.45, 7) is 2.90. The number of amides is 2. The van der Waals surface area contributed by atoms with Crippen LogP contribution < -0.4 is 14.8 Å². The molecular weight excluding hydrogens is 406 g/mol. The van der Waals surface area contributed by atoms with Gasteiger partial charge in [0.05, 0.1) is 18.7 Å². The summed E-state index contributed by atoms with van der Waals surface area (Å²) in [6, 6.07) is 9.43. The number of rotatable bonds is 4. The van der Waals surface area contributed by atoms with Gasteiger partial charge in [0.2, 0.25) is 5.91 Å². The lowest BCUT2D eigenvalue weighted by atomic mass is 10.0. The molecule has 0 saturated heterocycles. The van der Waals surface area contributed by atoms with Crippen LogP contribution in [0.1, 0.15) is 22.9 Å². The molecule has 2 aliphatic heterocycles. The third kappa shape index (κ3) is 3.95. The summed E-state index contributed by atoms with van der Waals surface area (Å²) >= 11 is 1.30. The lowest BCUT2D eigenvalue weighted by molar-refractivity contribution is -0.112. The van der Waals surface area contributed by atoms with Crippen molar-refractivity contribution in [3.8, 4) is 17.6 Å². The molecule has 3 heterocycles. The van der Waals surface area contributed by atoms with Gasteiger partial charge in [0.1, 0.15) is 11.1 Å². The fraction of sp³-hybridized carbons (Fsp3) is 0.286. The summed E-state index contributed by atoms with van der Waals surface area (Å²) in [5.74, 6) is 0.850. The zero-order chi connectivity index (χ0) is 21.1. The third-order valence-electron chi connectivity index (χ3n) is 4.67. The molecule has 30 heavy (non-hydrogen) atoms. The van der Waals surface area contributed by atoms with Crippen LogP contribution in [0.3, 0.4) is 0 Å². The molecule has 0 radical (unpaired) electrons. The maximum atomic E-state index is 12.4. The highest BCUT2D eigenvalue weighted by molar-refractivity contribution is 7.16. The first-order chi connectivity index (χ1) is 14.6. The quantitative estimate of drug-likeness (QED) is 0.754. The summed E-state index contributed by atoms with van der Waals surface area (Å²) in [6.07, 6.45) is 2.32. The van der Waals surface area contributed by atoms with Gasteiger partial charge in [-0.3, -0.25) is 4.79 Å². The van der Waals surface area contributed by atoms with Crippen molar-refractivity contribution >= 4 is 28.3 Å². The fourth-order valence-corrected chi connectivity index (χ4v) is 4.51. The first-order valence-corrected chi connectivity index (χ1v) is 10.3. The Hall–Kier alpha value is -3.51. The number of nitrogens with zero attached hydrogens (tertiary/aromatic N) is 2. The monoisotopic (exact) mass is 425 g/mol. The van der Waals surface area contributed by atoms with E-state index >= 15 is 0 Å². The molecule has 154 valence electrons. The van der Waals surface area contributed by atoms with Crippen molar-refractivity contribution < 1.29 is 23.8 Å². The zero-order valence-electron chi connectivity index (χ0n) is 16.2. The Balaban J connectivity index is 1.42. The summed E-state index contributed by atoms with van der Waals surface area (Å²) < 4.78 is 16.2. The second-order valence-electron chi connectivity index (χ2n) is 6.59. The van der Waals surface area contributed by atoms with Crippen LogP contribution in [0.4, 0.5) is 9.80 Å². The molecule has 1 N–H and O–H groups in total. The summed E-state index contributed by atoms with van der Waals surface area (Å²) in [5, 5.41) is 12.8. The third-order valence-corrected chi connectivity index (χ3v) is 5.80. The Labute approximate surface area is 177 Å². The Morgan fingerprint density at radius 2 is 2.10 bits per heavy atom. The highest BCUT2D eigenvalue weighted by Crippen LogP contribution is 2.37. The van der Waals surface area contributed by atoms with Crippen LogP contribution in [0.2, 0.25) is 0 Å². The molecule has 0 spiro atoms. The molecule has 0 aliphatic carbocycles. The van der Waals surface area contributed by atoms with Crippen molar-refractivity contribution in [1.29, 1.82) is 5.26 Å². The minimum Gasteiger partial charge on any atom is -0.450 e. The Morgan fingerprint density at radius 1 is 1.37 bits per heavy atom. The molecule has 1 aromatic carbocycles. The van der Waals surface area contributed by atoms with Crippen LogP contribution in [0, 0.1) is 11.3 Å². The normalized spacial score (nSPS) is 15.0. The van der Waals surface area contributed by atoms with E-state index in [2.05, 4.69) is 11.4 Å². The average molecular weight is 425 g/mol. The maximum absolute atomic E-state index is 12.4. The molecule has 8 nitrogen and oxygen atoms in total. The number of thiophene rings is 1. The first-order valence-electron chi connectivity index (χ1n) is 9.47. The van der Waals surface area contributed by atoms with Crippen LogP contribution in [0.5, 0.6) is 11.5 Å². The highest BCUT2D eigenvalue weighted by atomic mass is 32.1. The molecular formula is C21H19N3O5S. The van der Waals surface area contributed by atoms with Crippen molar-refractivity contribution in [1.82, 2.24) is 4.90 Å².